The lowest BCUT2D eigenvalue weighted by Crippen LogP contribution is -2.36. The van der Waals surface area contributed by atoms with Gasteiger partial charge in [-0.2, -0.15) is 0 Å². The van der Waals surface area contributed by atoms with E-state index in [2.05, 4.69) is 15.0 Å². The van der Waals surface area contributed by atoms with Gasteiger partial charge in [-0.3, -0.25) is 18.7 Å². The van der Waals surface area contributed by atoms with Crippen molar-refractivity contribution < 1.29 is 27.1 Å². The lowest BCUT2D eigenvalue weighted by Gasteiger charge is -2.09. The number of aromatic nitrogens is 3. The van der Waals surface area contributed by atoms with E-state index in [1.165, 1.54) is 36.9 Å². The first-order valence-corrected chi connectivity index (χ1v) is 10.6. The number of carbonyl (C=O) groups is 1. The fourth-order valence-electron chi connectivity index (χ4n) is 3.44. The summed E-state index contributed by atoms with van der Waals surface area (Å²) in [5.74, 6) is -0.552. The molecular formula is C21H17F3N4O5S. The fourth-order valence-corrected chi connectivity index (χ4v) is 4.17. The number of hydrogen-bond donors (Lipinski definition) is 1. The molecule has 13 heteroatoms. The van der Waals surface area contributed by atoms with Crippen molar-refractivity contribution in [2.75, 3.05) is 5.32 Å². The number of benzene rings is 1. The number of nitrogens with one attached hydrogen (secondary N) is 1. The van der Waals surface area contributed by atoms with Crippen LogP contribution >= 0.6 is 11.3 Å². The van der Waals surface area contributed by atoms with Crippen LogP contribution in [0.25, 0.3) is 22.4 Å². The number of halogens is 3. The molecule has 0 aliphatic rings. The second-order valence-corrected chi connectivity index (χ2v) is 8.22. The molecule has 0 unspecified atom stereocenters. The topological polar surface area (TPSA) is 108 Å². The molecule has 34 heavy (non-hydrogen) atoms. The van der Waals surface area contributed by atoms with E-state index in [1.807, 2.05) is 0 Å². The molecule has 1 aromatic carbocycles. The van der Waals surface area contributed by atoms with Gasteiger partial charge in [-0.1, -0.05) is 12.1 Å². The van der Waals surface area contributed by atoms with E-state index in [0.29, 0.717) is 22.6 Å². The highest BCUT2D eigenvalue weighted by Crippen LogP contribution is 2.30. The minimum Gasteiger partial charge on any atom is -0.444 e. The third kappa shape index (κ3) is 4.46. The van der Waals surface area contributed by atoms with Gasteiger partial charge in [0.1, 0.15) is 16.9 Å². The molecule has 0 saturated carbocycles. The summed E-state index contributed by atoms with van der Waals surface area (Å²) in [6, 6.07) is 5.32. The quantitative estimate of drug-likeness (QED) is 0.456. The number of alkyl halides is 3. The van der Waals surface area contributed by atoms with Crippen LogP contribution in [0.4, 0.5) is 18.3 Å². The number of hydrogen-bond acceptors (Lipinski definition) is 7. The van der Waals surface area contributed by atoms with Crippen molar-refractivity contribution in [3.63, 3.8) is 0 Å². The van der Waals surface area contributed by atoms with Crippen molar-refractivity contribution in [1.29, 1.82) is 0 Å². The smallest absolute Gasteiger partial charge is 0.444 e. The minimum absolute atomic E-state index is 0.0749. The summed E-state index contributed by atoms with van der Waals surface area (Å²) in [7, 11) is 2.80. The highest BCUT2D eigenvalue weighted by Gasteiger charge is 2.31. The van der Waals surface area contributed by atoms with E-state index in [4.69, 9.17) is 4.42 Å². The number of furan rings is 1. The van der Waals surface area contributed by atoms with Gasteiger partial charge < -0.3 is 14.5 Å². The number of carbonyl (C=O) groups excluding carboxylic acids is 1. The second kappa shape index (κ2) is 8.48. The zero-order valence-corrected chi connectivity index (χ0v) is 18.8. The molecule has 178 valence electrons. The molecule has 0 radical (unpaired) electrons. The first-order valence-electron chi connectivity index (χ1n) is 9.74. The molecule has 3 aromatic heterocycles. The molecule has 9 nitrogen and oxygen atoms in total. The first kappa shape index (κ1) is 23.3. The van der Waals surface area contributed by atoms with Gasteiger partial charge in [-0.05, 0) is 19.1 Å². The van der Waals surface area contributed by atoms with Crippen LogP contribution in [0.3, 0.4) is 0 Å². The van der Waals surface area contributed by atoms with Gasteiger partial charge in [0.05, 0.1) is 12.1 Å². The molecule has 4 aromatic rings. The van der Waals surface area contributed by atoms with E-state index in [1.54, 1.807) is 18.4 Å². The SMILES string of the molecule is Cc1oc2c(c1CC(=O)Nc1nc(-c3cccc(OC(F)(F)F)c3)cs1)c(=O)n(C)c(=O)n2C. The number of thiazole rings is 1. The Bertz CT molecular complexity index is 1530. The van der Waals surface area contributed by atoms with Crippen LogP contribution in [0.1, 0.15) is 11.3 Å². The van der Waals surface area contributed by atoms with Crippen molar-refractivity contribution in [3.05, 3.63) is 61.8 Å². The van der Waals surface area contributed by atoms with E-state index >= 15 is 0 Å². The van der Waals surface area contributed by atoms with E-state index in [0.717, 1.165) is 15.9 Å². The number of fused-ring (bicyclic) bond motifs is 1. The molecule has 0 aliphatic carbocycles. The molecule has 1 N–H and O–H groups in total. The Morgan fingerprint density at radius 1 is 1.24 bits per heavy atom. The van der Waals surface area contributed by atoms with Gasteiger partial charge in [0.15, 0.2) is 5.13 Å². The molecule has 0 bridgehead atoms. The summed E-state index contributed by atoms with van der Waals surface area (Å²) in [6.07, 6.45) is -5.03. The van der Waals surface area contributed by atoms with Crippen LogP contribution < -0.4 is 21.3 Å². The Balaban J connectivity index is 1.56. The number of nitrogens with zero attached hydrogens (tertiary/aromatic N) is 3. The molecule has 0 fully saturated rings. The first-order chi connectivity index (χ1) is 15.9. The fraction of sp³-hybridized carbons (Fsp3) is 0.238. The van der Waals surface area contributed by atoms with Crippen LogP contribution in [-0.4, -0.2) is 26.4 Å². The molecule has 0 saturated heterocycles. The monoisotopic (exact) mass is 494 g/mol. The predicted molar refractivity (Wildman–Crippen MR) is 118 cm³/mol. The van der Waals surface area contributed by atoms with Crippen molar-refractivity contribution in [2.24, 2.45) is 14.1 Å². The van der Waals surface area contributed by atoms with Crippen LogP contribution in [-0.2, 0) is 25.3 Å². The normalized spacial score (nSPS) is 11.7. The maximum Gasteiger partial charge on any atom is 0.573 e. The van der Waals surface area contributed by atoms with Gasteiger partial charge in [0.25, 0.3) is 5.56 Å². The molecule has 0 spiro atoms. The summed E-state index contributed by atoms with van der Waals surface area (Å²) >= 11 is 1.08. The van der Waals surface area contributed by atoms with Crippen molar-refractivity contribution >= 4 is 33.5 Å². The van der Waals surface area contributed by atoms with Crippen LogP contribution in [0.2, 0.25) is 0 Å². The van der Waals surface area contributed by atoms with E-state index < -0.39 is 23.5 Å². The molecule has 4 rings (SSSR count). The summed E-state index contributed by atoms with van der Waals surface area (Å²) in [5, 5.41) is 4.54. The number of ether oxygens (including phenoxy) is 1. The standard InChI is InChI=1S/C21H17F3N4O5S/c1-10-13(16-17(30)27(2)20(31)28(3)18(16)32-10)8-15(29)26-19-25-14(9-34-19)11-5-4-6-12(7-11)33-21(22,23)24/h4-7,9H,8H2,1-3H3,(H,25,26,29). The minimum atomic E-state index is -4.82. The van der Waals surface area contributed by atoms with Crippen molar-refractivity contribution in [3.8, 4) is 17.0 Å². The summed E-state index contributed by atoms with van der Waals surface area (Å²) in [6.45, 7) is 1.59. The van der Waals surface area contributed by atoms with E-state index in [-0.39, 0.29) is 28.4 Å². The zero-order valence-electron chi connectivity index (χ0n) is 18.0. The van der Waals surface area contributed by atoms with Crippen LogP contribution in [0.5, 0.6) is 5.75 Å². The number of amides is 1. The lowest BCUT2D eigenvalue weighted by atomic mass is 10.1. The zero-order chi connectivity index (χ0) is 24.8. The molecule has 3 heterocycles. The van der Waals surface area contributed by atoms with Gasteiger partial charge >= 0.3 is 12.1 Å². The Morgan fingerprint density at radius 3 is 2.68 bits per heavy atom. The van der Waals surface area contributed by atoms with Gasteiger partial charge in [-0.25, -0.2) is 9.78 Å². The summed E-state index contributed by atoms with van der Waals surface area (Å²) in [4.78, 5) is 41.6. The van der Waals surface area contributed by atoms with Crippen molar-refractivity contribution in [1.82, 2.24) is 14.1 Å². The Morgan fingerprint density at radius 2 is 1.97 bits per heavy atom. The Kier molecular flexibility index (Phi) is 5.81. The molecule has 0 atom stereocenters. The number of aryl methyl sites for hydroxylation is 2. The molecular weight excluding hydrogens is 477 g/mol. The second-order valence-electron chi connectivity index (χ2n) is 7.36. The highest BCUT2D eigenvalue weighted by molar-refractivity contribution is 7.14. The van der Waals surface area contributed by atoms with Gasteiger partial charge in [0.2, 0.25) is 11.6 Å². The van der Waals surface area contributed by atoms with Crippen LogP contribution in [0.15, 0.2) is 43.7 Å². The van der Waals surface area contributed by atoms with Gasteiger partial charge in [0, 0.05) is 30.6 Å². The summed E-state index contributed by atoms with van der Waals surface area (Å²) < 4.78 is 49.0. The van der Waals surface area contributed by atoms with Crippen LogP contribution in [0, 0.1) is 6.92 Å². The average Bonchev–Trinajstić information content (AvgIpc) is 3.34. The third-order valence-corrected chi connectivity index (χ3v) is 5.80. The lowest BCUT2D eigenvalue weighted by molar-refractivity contribution is -0.274. The predicted octanol–water partition coefficient (Wildman–Crippen LogP) is 3.34. The van der Waals surface area contributed by atoms with Gasteiger partial charge in [-0.15, -0.1) is 24.5 Å². The largest absolute Gasteiger partial charge is 0.573 e. The maximum absolute atomic E-state index is 12.7. The molecule has 1 amide bonds. The Labute approximate surface area is 193 Å². The Hall–Kier alpha value is -3.87. The number of rotatable bonds is 5. The number of anilines is 1. The maximum atomic E-state index is 12.7. The third-order valence-electron chi connectivity index (χ3n) is 5.04. The van der Waals surface area contributed by atoms with E-state index in [9.17, 15) is 27.6 Å². The molecule has 0 aliphatic heterocycles. The van der Waals surface area contributed by atoms with Crippen molar-refractivity contribution in [2.45, 2.75) is 19.7 Å². The average molecular weight is 494 g/mol. The summed E-state index contributed by atoms with van der Waals surface area (Å²) in [5.41, 5.74) is 0.0159. The highest BCUT2D eigenvalue weighted by atomic mass is 32.1.